The zero-order valence-corrected chi connectivity index (χ0v) is 34.2. The van der Waals surface area contributed by atoms with Crippen LogP contribution in [0.3, 0.4) is 0 Å². The second-order valence-electron chi connectivity index (χ2n) is 16.8. The van der Waals surface area contributed by atoms with E-state index in [1.54, 1.807) is 0 Å². The van der Waals surface area contributed by atoms with E-state index in [0.717, 1.165) is 52.3 Å². The van der Waals surface area contributed by atoms with Crippen LogP contribution in [0.5, 0.6) is 0 Å². The van der Waals surface area contributed by atoms with Gasteiger partial charge in [-0.3, -0.25) is 4.57 Å². The number of aromatic nitrogens is 2. The maximum absolute atomic E-state index is 5.19. The lowest BCUT2D eigenvalue weighted by atomic mass is 9.81. The molecule has 0 N–H and O–H groups in total. The standard InChI is InChI=1S/C57H45N3/c1-38-21-28-45(29-22-38)60-55-20-12-11-19-53(55)58-56(60)41-25-32-44(33-26-41)59(43-30-23-40(24-31-43)39-13-5-4-6-14-39)54-36-35-46(47-15-7-8-17-50(47)54)42-27-34-49-48-16-9-10-18-51(48)57(2,3)52(49)37-42/h4-7,9-16,18-37H,8,17H2,1-3H3. The average molecular weight is 772 g/mol. The Morgan fingerprint density at radius 2 is 1.18 bits per heavy atom. The number of allylic oxidation sites excluding steroid dienone is 1. The Hall–Kier alpha value is -7.23. The van der Waals surface area contributed by atoms with Crippen LogP contribution >= 0.6 is 0 Å². The molecule has 60 heavy (non-hydrogen) atoms. The summed E-state index contributed by atoms with van der Waals surface area (Å²) >= 11 is 0. The lowest BCUT2D eigenvalue weighted by molar-refractivity contribution is 0.660. The molecule has 0 bridgehead atoms. The van der Waals surface area contributed by atoms with E-state index in [1.807, 2.05) is 0 Å². The summed E-state index contributed by atoms with van der Waals surface area (Å²) in [6, 6.07) is 66.5. The van der Waals surface area contributed by atoms with Gasteiger partial charge in [-0.25, -0.2) is 4.98 Å². The minimum atomic E-state index is -0.0589. The van der Waals surface area contributed by atoms with E-state index >= 15 is 0 Å². The first-order valence-electron chi connectivity index (χ1n) is 21.1. The van der Waals surface area contributed by atoms with Crippen LogP contribution in [0.1, 0.15) is 48.1 Å². The number of para-hydroxylation sites is 2. The molecule has 3 nitrogen and oxygen atoms in total. The fraction of sp³-hybridized carbons (Fsp3) is 0.105. The number of benzene rings is 8. The highest BCUT2D eigenvalue weighted by Gasteiger charge is 2.35. The molecule has 0 amide bonds. The number of aryl methyl sites for hydroxylation is 1. The Morgan fingerprint density at radius 1 is 0.550 bits per heavy atom. The highest BCUT2D eigenvalue weighted by Crippen LogP contribution is 2.51. The molecule has 0 spiro atoms. The first kappa shape index (κ1) is 35.9. The summed E-state index contributed by atoms with van der Waals surface area (Å²) in [4.78, 5) is 7.64. The summed E-state index contributed by atoms with van der Waals surface area (Å²) in [5.41, 5.74) is 22.0. The largest absolute Gasteiger partial charge is 0.310 e. The minimum absolute atomic E-state index is 0.0589. The zero-order chi connectivity index (χ0) is 40.4. The number of nitrogens with zero attached hydrogens (tertiary/aromatic N) is 3. The van der Waals surface area contributed by atoms with Crippen molar-refractivity contribution in [3.8, 4) is 50.5 Å². The quantitative estimate of drug-likeness (QED) is 0.161. The van der Waals surface area contributed by atoms with Gasteiger partial charge in [0.1, 0.15) is 5.82 Å². The summed E-state index contributed by atoms with van der Waals surface area (Å²) in [5.74, 6) is 0.929. The molecule has 0 fully saturated rings. The van der Waals surface area contributed by atoms with E-state index in [2.05, 4.69) is 224 Å². The smallest absolute Gasteiger partial charge is 0.145 e. The Bertz CT molecular complexity index is 3090. The number of hydrogen-bond donors (Lipinski definition) is 0. The Labute approximate surface area is 352 Å². The van der Waals surface area contributed by atoms with Gasteiger partial charge in [0.25, 0.3) is 0 Å². The topological polar surface area (TPSA) is 21.1 Å². The third-order valence-corrected chi connectivity index (χ3v) is 12.8. The summed E-state index contributed by atoms with van der Waals surface area (Å²) in [7, 11) is 0. The molecule has 8 aromatic carbocycles. The number of fused-ring (bicyclic) bond motifs is 5. The number of rotatable bonds is 7. The van der Waals surface area contributed by atoms with Gasteiger partial charge < -0.3 is 4.90 Å². The third kappa shape index (κ3) is 5.92. The Morgan fingerprint density at radius 3 is 1.97 bits per heavy atom. The van der Waals surface area contributed by atoms with Crippen molar-refractivity contribution in [2.45, 2.75) is 39.0 Å². The van der Waals surface area contributed by atoms with Gasteiger partial charge in [0.15, 0.2) is 0 Å². The molecule has 9 aromatic rings. The second-order valence-corrected chi connectivity index (χ2v) is 16.8. The van der Waals surface area contributed by atoms with Gasteiger partial charge >= 0.3 is 0 Å². The molecule has 0 atom stereocenters. The molecule has 3 heteroatoms. The Kier molecular flexibility index (Phi) is 8.53. The van der Waals surface area contributed by atoms with E-state index in [4.69, 9.17) is 4.98 Å². The highest BCUT2D eigenvalue weighted by molar-refractivity contribution is 5.91. The van der Waals surface area contributed by atoms with Gasteiger partial charge in [-0.2, -0.15) is 0 Å². The molecule has 0 unspecified atom stereocenters. The second kappa shape index (κ2) is 14.2. The van der Waals surface area contributed by atoms with Crippen molar-refractivity contribution in [1.82, 2.24) is 9.55 Å². The van der Waals surface area contributed by atoms with Crippen molar-refractivity contribution in [2.24, 2.45) is 0 Å². The SMILES string of the molecule is Cc1ccc(-n2c(-c3ccc(N(c4ccc(-c5ccccc5)cc4)c4ccc(-c5ccc6c(c5)C(C)(C)c5ccccc5-6)c5c4CCC=C5)cc3)nc3ccccc32)cc1. The molecule has 0 saturated carbocycles. The molecule has 1 heterocycles. The Balaban J connectivity index is 1.04. The van der Waals surface area contributed by atoms with Crippen LogP contribution in [0.15, 0.2) is 188 Å². The van der Waals surface area contributed by atoms with Crippen molar-refractivity contribution in [3.05, 3.63) is 216 Å². The first-order valence-corrected chi connectivity index (χ1v) is 21.1. The highest BCUT2D eigenvalue weighted by atomic mass is 15.1. The van der Waals surface area contributed by atoms with Crippen LogP contribution in [0.2, 0.25) is 0 Å². The first-order chi connectivity index (χ1) is 29.4. The number of anilines is 3. The van der Waals surface area contributed by atoms with Crippen molar-refractivity contribution in [3.63, 3.8) is 0 Å². The summed E-state index contributed by atoms with van der Waals surface area (Å²) in [5, 5.41) is 0. The lowest BCUT2D eigenvalue weighted by Gasteiger charge is -2.31. The van der Waals surface area contributed by atoms with Crippen LogP contribution in [-0.2, 0) is 11.8 Å². The van der Waals surface area contributed by atoms with E-state index in [-0.39, 0.29) is 5.41 Å². The van der Waals surface area contributed by atoms with Crippen LogP contribution in [0.4, 0.5) is 17.1 Å². The van der Waals surface area contributed by atoms with Crippen LogP contribution in [-0.4, -0.2) is 9.55 Å². The van der Waals surface area contributed by atoms with Crippen LogP contribution < -0.4 is 4.90 Å². The van der Waals surface area contributed by atoms with E-state index in [1.165, 1.54) is 66.9 Å². The van der Waals surface area contributed by atoms with Gasteiger partial charge in [-0.15, -0.1) is 0 Å². The van der Waals surface area contributed by atoms with Crippen molar-refractivity contribution in [1.29, 1.82) is 0 Å². The number of imidazole rings is 1. The van der Waals surface area contributed by atoms with Gasteiger partial charge in [-0.05, 0) is 148 Å². The molecule has 2 aliphatic carbocycles. The molecular weight excluding hydrogens is 727 g/mol. The molecule has 11 rings (SSSR count). The molecule has 0 aliphatic heterocycles. The van der Waals surface area contributed by atoms with Gasteiger partial charge in [-0.1, -0.05) is 141 Å². The number of hydrogen-bond acceptors (Lipinski definition) is 2. The van der Waals surface area contributed by atoms with E-state index in [9.17, 15) is 0 Å². The van der Waals surface area contributed by atoms with E-state index < -0.39 is 0 Å². The molecule has 288 valence electrons. The molecule has 0 saturated heterocycles. The van der Waals surface area contributed by atoms with Gasteiger partial charge in [0.05, 0.1) is 11.0 Å². The van der Waals surface area contributed by atoms with Gasteiger partial charge in [0, 0.05) is 33.7 Å². The predicted molar refractivity (Wildman–Crippen MR) is 252 cm³/mol. The molecule has 2 aliphatic rings. The lowest BCUT2D eigenvalue weighted by Crippen LogP contribution is -2.15. The van der Waals surface area contributed by atoms with E-state index in [0.29, 0.717) is 0 Å². The summed E-state index contributed by atoms with van der Waals surface area (Å²) < 4.78 is 2.28. The predicted octanol–water partition coefficient (Wildman–Crippen LogP) is 15.1. The average Bonchev–Trinajstić information content (AvgIpc) is 3.80. The van der Waals surface area contributed by atoms with Crippen molar-refractivity contribution < 1.29 is 0 Å². The molecule has 0 radical (unpaired) electrons. The monoisotopic (exact) mass is 771 g/mol. The maximum atomic E-state index is 5.19. The fourth-order valence-electron chi connectivity index (χ4n) is 9.66. The molecular formula is C57H45N3. The third-order valence-electron chi connectivity index (χ3n) is 12.8. The summed E-state index contributed by atoms with van der Waals surface area (Å²) in [6.45, 7) is 6.86. The maximum Gasteiger partial charge on any atom is 0.145 e. The van der Waals surface area contributed by atoms with Crippen molar-refractivity contribution in [2.75, 3.05) is 4.90 Å². The minimum Gasteiger partial charge on any atom is -0.310 e. The fourth-order valence-corrected chi connectivity index (χ4v) is 9.66. The van der Waals surface area contributed by atoms with Gasteiger partial charge in [0.2, 0.25) is 0 Å². The van der Waals surface area contributed by atoms with Crippen LogP contribution in [0, 0.1) is 6.92 Å². The summed E-state index contributed by atoms with van der Waals surface area (Å²) in [6.07, 6.45) is 6.68. The van der Waals surface area contributed by atoms with Crippen molar-refractivity contribution >= 4 is 34.2 Å². The molecule has 1 aromatic heterocycles. The van der Waals surface area contributed by atoms with Crippen LogP contribution in [0.25, 0.3) is 67.6 Å². The zero-order valence-electron chi connectivity index (χ0n) is 34.2. The normalized spacial score (nSPS) is 13.5.